The molecule has 0 radical (unpaired) electrons. The number of nitrogens with one attached hydrogen (secondary N) is 1. The zero-order valence-corrected chi connectivity index (χ0v) is 13.6. The molecule has 2 amide bonds. The van der Waals surface area contributed by atoms with E-state index in [9.17, 15) is 4.79 Å². The Morgan fingerprint density at radius 3 is 2.62 bits per heavy atom. The number of morpholine rings is 1. The second-order valence-electron chi connectivity index (χ2n) is 6.27. The Balaban J connectivity index is 1.32. The van der Waals surface area contributed by atoms with Crippen molar-refractivity contribution in [1.29, 1.82) is 0 Å². The zero-order chi connectivity index (χ0) is 16.4. The average Bonchev–Trinajstić information content (AvgIpc) is 3.07. The van der Waals surface area contributed by atoms with Gasteiger partial charge in [-0.1, -0.05) is 12.1 Å². The molecule has 2 aliphatic rings. The molecular weight excluding hydrogens is 308 g/mol. The van der Waals surface area contributed by atoms with Crippen LogP contribution in [0.1, 0.15) is 12.8 Å². The van der Waals surface area contributed by atoms with Gasteiger partial charge in [-0.05, 0) is 25.0 Å². The third-order valence-electron chi connectivity index (χ3n) is 4.67. The number of ether oxygens (including phenoxy) is 1. The smallest absolute Gasteiger partial charge is 0.317 e. The molecule has 2 aliphatic heterocycles. The van der Waals surface area contributed by atoms with Gasteiger partial charge in [0.1, 0.15) is 5.52 Å². The highest BCUT2D eigenvalue weighted by Gasteiger charge is 2.25. The summed E-state index contributed by atoms with van der Waals surface area (Å²) in [6.07, 6.45) is 1.80. The lowest BCUT2D eigenvalue weighted by molar-refractivity contribution is 0.0523. The third kappa shape index (κ3) is 3.17. The van der Waals surface area contributed by atoms with Gasteiger partial charge in [0.05, 0.1) is 13.2 Å². The molecule has 1 N–H and O–H groups in total. The number of hydrogen-bond acceptors (Lipinski definition) is 5. The third-order valence-corrected chi connectivity index (χ3v) is 4.67. The summed E-state index contributed by atoms with van der Waals surface area (Å²) in [6, 6.07) is 8.71. The maximum atomic E-state index is 12.3. The van der Waals surface area contributed by atoms with E-state index in [-0.39, 0.29) is 12.1 Å². The molecule has 1 aromatic heterocycles. The highest BCUT2D eigenvalue weighted by molar-refractivity contribution is 5.75. The number of fused-ring (bicyclic) bond motifs is 1. The summed E-state index contributed by atoms with van der Waals surface area (Å²) in [4.78, 5) is 20.8. The monoisotopic (exact) mass is 330 g/mol. The molecule has 1 aromatic carbocycles. The molecule has 3 heterocycles. The molecule has 128 valence electrons. The lowest BCUT2D eigenvalue weighted by Crippen LogP contribution is -2.51. The predicted molar refractivity (Wildman–Crippen MR) is 90.2 cm³/mol. The number of rotatable bonds is 2. The highest BCUT2D eigenvalue weighted by Crippen LogP contribution is 2.24. The number of piperidine rings is 1. The van der Waals surface area contributed by atoms with Gasteiger partial charge >= 0.3 is 6.03 Å². The summed E-state index contributed by atoms with van der Waals surface area (Å²) in [6.45, 7) is 4.27. The standard InChI is InChI=1S/C17H22N4O3/c22-16(20-9-11-23-12-10-20)18-13-5-7-21(8-6-13)17-19-14-3-1-2-4-15(14)24-17/h1-4,13H,5-12H2,(H,18,22). The van der Waals surface area contributed by atoms with Crippen LogP contribution in [0.15, 0.2) is 28.7 Å². The van der Waals surface area contributed by atoms with Crippen molar-refractivity contribution < 1.29 is 13.9 Å². The van der Waals surface area contributed by atoms with Crippen molar-refractivity contribution in [2.24, 2.45) is 0 Å². The van der Waals surface area contributed by atoms with E-state index < -0.39 is 0 Å². The van der Waals surface area contributed by atoms with Gasteiger partial charge in [-0.3, -0.25) is 0 Å². The Morgan fingerprint density at radius 2 is 1.88 bits per heavy atom. The molecule has 7 heteroatoms. The van der Waals surface area contributed by atoms with Crippen molar-refractivity contribution in [3.8, 4) is 0 Å². The Kier molecular flexibility index (Phi) is 4.25. The minimum Gasteiger partial charge on any atom is -0.423 e. The van der Waals surface area contributed by atoms with Crippen LogP contribution in [0, 0.1) is 0 Å². The molecule has 7 nitrogen and oxygen atoms in total. The van der Waals surface area contributed by atoms with Crippen molar-refractivity contribution in [3.05, 3.63) is 24.3 Å². The molecule has 0 bridgehead atoms. The second-order valence-corrected chi connectivity index (χ2v) is 6.27. The SMILES string of the molecule is O=C(NC1CCN(c2nc3ccccc3o2)CC1)N1CCOCC1. The van der Waals surface area contributed by atoms with Gasteiger partial charge in [0.25, 0.3) is 6.01 Å². The number of carbonyl (C=O) groups is 1. The topological polar surface area (TPSA) is 70.8 Å². The first-order chi connectivity index (χ1) is 11.8. The van der Waals surface area contributed by atoms with Crippen LogP contribution in [0.25, 0.3) is 11.1 Å². The zero-order valence-electron chi connectivity index (χ0n) is 13.6. The fourth-order valence-electron chi connectivity index (χ4n) is 3.24. The van der Waals surface area contributed by atoms with Gasteiger partial charge in [0.15, 0.2) is 5.58 Å². The molecule has 0 saturated carbocycles. The normalized spacial score (nSPS) is 19.7. The molecule has 0 unspecified atom stereocenters. The summed E-state index contributed by atoms with van der Waals surface area (Å²) >= 11 is 0. The van der Waals surface area contributed by atoms with Gasteiger partial charge in [-0.15, -0.1) is 0 Å². The summed E-state index contributed by atoms with van der Waals surface area (Å²) in [5.74, 6) is 0. The molecule has 0 atom stereocenters. The number of aromatic nitrogens is 1. The van der Waals surface area contributed by atoms with Gasteiger partial charge in [0, 0.05) is 32.2 Å². The average molecular weight is 330 g/mol. The first-order valence-corrected chi connectivity index (χ1v) is 8.53. The highest BCUT2D eigenvalue weighted by atomic mass is 16.5. The lowest BCUT2D eigenvalue weighted by Gasteiger charge is -2.33. The van der Waals surface area contributed by atoms with E-state index >= 15 is 0 Å². The van der Waals surface area contributed by atoms with E-state index in [0.29, 0.717) is 32.3 Å². The van der Waals surface area contributed by atoms with Gasteiger partial charge in [-0.25, -0.2) is 4.79 Å². The number of benzene rings is 1. The van der Waals surface area contributed by atoms with Crippen molar-refractivity contribution >= 4 is 23.1 Å². The molecule has 0 spiro atoms. The molecular formula is C17H22N4O3. The van der Waals surface area contributed by atoms with E-state index in [0.717, 1.165) is 37.0 Å². The van der Waals surface area contributed by atoms with Gasteiger partial charge < -0.3 is 24.3 Å². The van der Waals surface area contributed by atoms with Crippen LogP contribution < -0.4 is 10.2 Å². The maximum Gasteiger partial charge on any atom is 0.317 e. The minimum absolute atomic E-state index is 0.0265. The Morgan fingerprint density at radius 1 is 1.12 bits per heavy atom. The summed E-state index contributed by atoms with van der Waals surface area (Å²) in [5, 5.41) is 3.14. The van der Waals surface area contributed by atoms with Crippen molar-refractivity contribution in [2.75, 3.05) is 44.3 Å². The Labute approximate surface area is 140 Å². The van der Waals surface area contributed by atoms with E-state index in [1.54, 1.807) is 0 Å². The molecule has 2 fully saturated rings. The molecule has 2 aromatic rings. The lowest BCUT2D eigenvalue weighted by atomic mass is 10.1. The van der Waals surface area contributed by atoms with Crippen LogP contribution in [0.3, 0.4) is 0 Å². The van der Waals surface area contributed by atoms with Crippen molar-refractivity contribution in [3.63, 3.8) is 0 Å². The minimum atomic E-state index is 0.0265. The molecule has 2 saturated heterocycles. The van der Waals surface area contributed by atoms with Gasteiger partial charge in [0.2, 0.25) is 0 Å². The number of anilines is 1. The van der Waals surface area contributed by atoms with Crippen LogP contribution in [-0.2, 0) is 4.74 Å². The summed E-state index contributed by atoms with van der Waals surface area (Å²) in [5.41, 5.74) is 1.70. The van der Waals surface area contributed by atoms with E-state index in [1.807, 2.05) is 29.2 Å². The quantitative estimate of drug-likeness (QED) is 0.910. The maximum absolute atomic E-state index is 12.3. The first kappa shape index (κ1) is 15.3. The fraction of sp³-hybridized carbons (Fsp3) is 0.529. The Bertz CT molecular complexity index is 670. The van der Waals surface area contributed by atoms with Gasteiger partial charge in [-0.2, -0.15) is 4.98 Å². The molecule has 0 aliphatic carbocycles. The number of para-hydroxylation sites is 2. The number of amides is 2. The first-order valence-electron chi connectivity index (χ1n) is 8.53. The van der Waals surface area contributed by atoms with Crippen LogP contribution in [0.4, 0.5) is 10.8 Å². The van der Waals surface area contributed by atoms with Crippen LogP contribution >= 0.6 is 0 Å². The van der Waals surface area contributed by atoms with Crippen molar-refractivity contribution in [2.45, 2.75) is 18.9 Å². The largest absolute Gasteiger partial charge is 0.423 e. The van der Waals surface area contributed by atoms with Crippen LogP contribution in [-0.4, -0.2) is 61.3 Å². The molecule has 4 rings (SSSR count). The second kappa shape index (κ2) is 6.68. The molecule has 24 heavy (non-hydrogen) atoms. The van der Waals surface area contributed by atoms with E-state index in [4.69, 9.17) is 9.15 Å². The predicted octanol–water partition coefficient (Wildman–Crippen LogP) is 1.84. The van der Waals surface area contributed by atoms with Crippen molar-refractivity contribution in [1.82, 2.24) is 15.2 Å². The summed E-state index contributed by atoms with van der Waals surface area (Å²) in [7, 11) is 0. The number of nitrogens with zero attached hydrogens (tertiary/aromatic N) is 3. The Hall–Kier alpha value is -2.28. The number of hydrogen-bond donors (Lipinski definition) is 1. The number of oxazole rings is 1. The van der Waals surface area contributed by atoms with E-state index in [1.165, 1.54) is 0 Å². The van der Waals surface area contributed by atoms with E-state index in [2.05, 4.69) is 15.2 Å². The van der Waals surface area contributed by atoms with Crippen LogP contribution in [0.2, 0.25) is 0 Å². The van der Waals surface area contributed by atoms with Crippen LogP contribution in [0.5, 0.6) is 0 Å². The fourth-order valence-corrected chi connectivity index (χ4v) is 3.24. The summed E-state index contributed by atoms with van der Waals surface area (Å²) < 4.78 is 11.1. The number of carbonyl (C=O) groups excluding carboxylic acids is 1. The number of urea groups is 1.